The average molecular weight is 276 g/mol. The summed E-state index contributed by atoms with van der Waals surface area (Å²) in [5.74, 6) is -0.613. The van der Waals surface area contributed by atoms with Crippen LogP contribution in [0.25, 0.3) is 0 Å². The van der Waals surface area contributed by atoms with Crippen LogP contribution in [0, 0.1) is 11.2 Å². The molecule has 0 saturated carbocycles. The molecule has 20 heavy (non-hydrogen) atoms. The van der Waals surface area contributed by atoms with Gasteiger partial charge in [-0.15, -0.1) is 0 Å². The molecule has 0 bridgehead atoms. The van der Waals surface area contributed by atoms with Crippen molar-refractivity contribution in [2.45, 2.75) is 25.8 Å². The first-order valence-corrected chi connectivity index (χ1v) is 6.91. The Morgan fingerprint density at radius 1 is 1.35 bits per heavy atom. The molecule has 2 heterocycles. The van der Waals surface area contributed by atoms with Crippen molar-refractivity contribution in [3.63, 3.8) is 0 Å². The lowest BCUT2D eigenvalue weighted by atomic mass is 9.79. The van der Waals surface area contributed by atoms with E-state index in [9.17, 15) is 14.0 Å². The third kappa shape index (κ3) is 2.22. The number of hydrogen-bond acceptors (Lipinski definition) is 3. The molecule has 2 saturated heterocycles. The van der Waals surface area contributed by atoms with Crippen molar-refractivity contribution in [3.8, 4) is 0 Å². The van der Waals surface area contributed by atoms with Gasteiger partial charge in [0, 0.05) is 13.0 Å². The van der Waals surface area contributed by atoms with E-state index in [1.54, 1.807) is 12.1 Å². The number of benzene rings is 1. The fourth-order valence-electron chi connectivity index (χ4n) is 3.14. The SMILES string of the molecule is O=C1C[C@]2(CCCNC2)C(=O)N1Cc1cccc(F)c1. The molecule has 1 aromatic rings. The predicted molar refractivity (Wildman–Crippen MR) is 71.1 cm³/mol. The molecule has 2 fully saturated rings. The number of carbonyl (C=O) groups excluding carboxylic acids is 2. The molecule has 2 aliphatic heterocycles. The Morgan fingerprint density at radius 3 is 2.90 bits per heavy atom. The summed E-state index contributed by atoms with van der Waals surface area (Å²) in [7, 11) is 0. The molecule has 106 valence electrons. The van der Waals surface area contributed by atoms with Crippen molar-refractivity contribution in [3.05, 3.63) is 35.6 Å². The molecule has 2 aliphatic rings. The van der Waals surface area contributed by atoms with Gasteiger partial charge in [0.1, 0.15) is 5.82 Å². The molecule has 0 aromatic heterocycles. The Bertz CT molecular complexity index is 553. The van der Waals surface area contributed by atoms with E-state index in [0.29, 0.717) is 12.1 Å². The van der Waals surface area contributed by atoms with Gasteiger partial charge in [0.05, 0.1) is 12.0 Å². The Hall–Kier alpha value is -1.75. The van der Waals surface area contributed by atoms with Crippen molar-refractivity contribution in [2.24, 2.45) is 5.41 Å². The van der Waals surface area contributed by atoms with Crippen molar-refractivity contribution in [1.29, 1.82) is 0 Å². The molecule has 1 atom stereocenters. The summed E-state index contributed by atoms with van der Waals surface area (Å²) in [6, 6.07) is 6.04. The van der Waals surface area contributed by atoms with Crippen LogP contribution >= 0.6 is 0 Å². The maximum atomic E-state index is 13.2. The number of amides is 2. The van der Waals surface area contributed by atoms with Crippen LogP contribution in [0.1, 0.15) is 24.8 Å². The molecule has 0 unspecified atom stereocenters. The summed E-state index contributed by atoms with van der Waals surface area (Å²) in [5, 5.41) is 3.20. The summed E-state index contributed by atoms with van der Waals surface area (Å²) >= 11 is 0. The molecule has 4 nitrogen and oxygen atoms in total. The smallest absolute Gasteiger partial charge is 0.237 e. The van der Waals surface area contributed by atoms with Crippen LogP contribution in [0.5, 0.6) is 0 Å². The number of piperidine rings is 1. The number of halogens is 1. The van der Waals surface area contributed by atoms with E-state index < -0.39 is 5.41 Å². The number of imide groups is 1. The van der Waals surface area contributed by atoms with Gasteiger partial charge in [-0.3, -0.25) is 14.5 Å². The minimum atomic E-state index is -0.567. The molecule has 1 aromatic carbocycles. The Balaban J connectivity index is 1.80. The van der Waals surface area contributed by atoms with Crippen molar-refractivity contribution >= 4 is 11.8 Å². The Kier molecular flexibility index (Phi) is 3.30. The minimum absolute atomic E-state index is 0.112. The molecule has 3 rings (SSSR count). The number of hydrogen-bond donors (Lipinski definition) is 1. The third-order valence-corrected chi connectivity index (χ3v) is 4.19. The van der Waals surface area contributed by atoms with E-state index in [2.05, 4.69) is 5.32 Å². The highest BCUT2D eigenvalue weighted by atomic mass is 19.1. The first kappa shape index (κ1) is 13.2. The highest BCUT2D eigenvalue weighted by Crippen LogP contribution is 2.39. The predicted octanol–water partition coefficient (Wildman–Crippen LogP) is 1.45. The largest absolute Gasteiger partial charge is 0.316 e. The average Bonchev–Trinajstić information content (AvgIpc) is 2.64. The molecule has 2 amide bonds. The van der Waals surface area contributed by atoms with Crippen molar-refractivity contribution in [1.82, 2.24) is 10.2 Å². The first-order chi connectivity index (χ1) is 9.61. The first-order valence-electron chi connectivity index (χ1n) is 6.91. The van der Waals surface area contributed by atoms with Gasteiger partial charge >= 0.3 is 0 Å². The van der Waals surface area contributed by atoms with E-state index in [4.69, 9.17) is 0 Å². The topological polar surface area (TPSA) is 49.4 Å². The highest BCUT2D eigenvalue weighted by Gasteiger charge is 2.51. The summed E-state index contributed by atoms with van der Waals surface area (Å²) in [4.78, 5) is 26.0. The molecule has 1 spiro atoms. The van der Waals surface area contributed by atoms with Crippen molar-refractivity contribution in [2.75, 3.05) is 13.1 Å². The highest BCUT2D eigenvalue weighted by molar-refractivity contribution is 6.06. The molecule has 0 radical (unpaired) electrons. The van der Waals surface area contributed by atoms with E-state index >= 15 is 0 Å². The van der Waals surface area contributed by atoms with Crippen LogP contribution in [0.15, 0.2) is 24.3 Å². The summed E-state index contributed by atoms with van der Waals surface area (Å²) in [5.41, 5.74) is 0.0790. The zero-order chi connectivity index (χ0) is 14.2. The molecule has 0 aliphatic carbocycles. The maximum Gasteiger partial charge on any atom is 0.237 e. The van der Waals surface area contributed by atoms with Gasteiger partial charge in [-0.1, -0.05) is 12.1 Å². The lowest BCUT2D eigenvalue weighted by molar-refractivity contribution is -0.142. The molecule has 5 heteroatoms. The zero-order valence-corrected chi connectivity index (χ0v) is 11.2. The monoisotopic (exact) mass is 276 g/mol. The number of carbonyl (C=O) groups is 2. The summed E-state index contributed by atoms with van der Waals surface area (Å²) < 4.78 is 13.2. The van der Waals surface area contributed by atoms with E-state index in [0.717, 1.165) is 19.4 Å². The maximum absolute atomic E-state index is 13.2. The number of likely N-dealkylation sites (tertiary alicyclic amines) is 1. The standard InChI is InChI=1S/C15H17FN2O2/c16-12-4-1-3-11(7-12)9-18-13(19)8-15(14(18)20)5-2-6-17-10-15/h1,3-4,7,17H,2,5-6,8-10H2/t15-/m0/s1. The second kappa shape index (κ2) is 4.98. The van der Waals surface area contributed by atoms with Crippen LogP contribution < -0.4 is 5.32 Å². The third-order valence-electron chi connectivity index (χ3n) is 4.19. The van der Waals surface area contributed by atoms with Crippen LogP contribution in [0.4, 0.5) is 4.39 Å². The van der Waals surface area contributed by atoms with E-state index in [-0.39, 0.29) is 30.6 Å². The fourth-order valence-corrected chi connectivity index (χ4v) is 3.14. The molecular weight excluding hydrogens is 259 g/mol. The second-order valence-electron chi connectivity index (χ2n) is 5.65. The van der Waals surface area contributed by atoms with E-state index in [1.165, 1.54) is 17.0 Å². The number of rotatable bonds is 2. The van der Waals surface area contributed by atoms with Gasteiger partial charge in [-0.25, -0.2) is 4.39 Å². The van der Waals surface area contributed by atoms with Crippen LogP contribution in [0.2, 0.25) is 0 Å². The van der Waals surface area contributed by atoms with Gasteiger partial charge in [0.25, 0.3) is 0 Å². The normalized spacial score (nSPS) is 26.6. The van der Waals surface area contributed by atoms with Crippen LogP contribution in [-0.2, 0) is 16.1 Å². The van der Waals surface area contributed by atoms with Crippen LogP contribution in [-0.4, -0.2) is 29.8 Å². The minimum Gasteiger partial charge on any atom is -0.316 e. The van der Waals surface area contributed by atoms with Gasteiger partial charge < -0.3 is 5.32 Å². The van der Waals surface area contributed by atoms with Gasteiger partial charge in [-0.05, 0) is 37.1 Å². The summed E-state index contributed by atoms with van der Waals surface area (Å²) in [6.45, 7) is 1.63. The second-order valence-corrected chi connectivity index (χ2v) is 5.65. The van der Waals surface area contributed by atoms with Gasteiger partial charge in [0.2, 0.25) is 11.8 Å². The number of nitrogens with one attached hydrogen (secondary N) is 1. The lowest BCUT2D eigenvalue weighted by Crippen LogP contribution is -2.45. The van der Waals surface area contributed by atoms with Crippen molar-refractivity contribution < 1.29 is 14.0 Å². The Morgan fingerprint density at radius 2 is 2.20 bits per heavy atom. The Labute approximate surface area is 117 Å². The van der Waals surface area contributed by atoms with E-state index in [1.807, 2.05) is 0 Å². The quantitative estimate of drug-likeness (QED) is 0.832. The zero-order valence-electron chi connectivity index (χ0n) is 11.2. The van der Waals surface area contributed by atoms with Gasteiger partial charge in [0.15, 0.2) is 0 Å². The fraction of sp³-hybridized carbons (Fsp3) is 0.467. The molecule has 1 N–H and O–H groups in total. The number of nitrogens with zero attached hydrogens (tertiary/aromatic N) is 1. The van der Waals surface area contributed by atoms with Crippen LogP contribution in [0.3, 0.4) is 0 Å². The van der Waals surface area contributed by atoms with Gasteiger partial charge in [-0.2, -0.15) is 0 Å². The lowest BCUT2D eigenvalue weighted by Gasteiger charge is -2.31. The molecular formula is C15H17FN2O2. The summed E-state index contributed by atoms with van der Waals surface area (Å²) in [6.07, 6.45) is 1.94.